The van der Waals surface area contributed by atoms with E-state index in [4.69, 9.17) is 5.11 Å². The second-order valence-electron chi connectivity index (χ2n) is 4.12. The number of thioether (sulfide) groups is 1. The molecular weight excluding hydrogens is 338 g/mol. The zero-order chi connectivity index (χ0) is 14.4. The van der Waals surface area contributed by atoms with Crippen LogP contribution < -0.4 is 5.32 Å². The molecule has 0 aliphatic rings. The molecule has 0 radical (unpaired) electrons. The number of carbonyl (C=O) groups is 1. The van der Waals surface area contributed by atoms with Crippen molar-refractivity contribution in [2.45, 2.75) is 11.5 Å². The minimum Gasteiger partial charge on any atom is -0.392 e. The highest BCUT2D eigenvalue weighted by Crippen LogP contribution is 2.23. The number of halogens is 1. The first-order valence-corrected chi connectivity index (χ1v) is 7.84. The van der Waals surface area contributed by atoms with Crippen LogP contribution in [0.2, 0.25) is 0 Å². The van der Waals surface area contributed by atoms with Gasteiger partial charge in [0, 0.05) is 9.37 Å². The van der Waals surface area contributed by atoms with Gasteiger partial charge < -0.3 is 10.4 Å². The van der Waals surface area contributed by atoms with Crippen LogP contribution in [-0.2, 0) is 11.4 Å². The Morgan fingerprint density at radius 1 is 1.20 bits per heavy atom. The van der Waals surface area contributed by atoms with Gasteiger partial charge in [-0.3, -0.25) is 4.79 Å². The molecule has 104 valence electrons. The Bertz CT molecular complexity index is 604. The van der Waals surface area contributed by atoms with Gasteiger partial charge in [-0.25, -0.2) is 0 Å². The van der Waals surface area contributed by atoms with Gasteiger partial charge in [0.05, 0.1) is 18.0 Å². The molecule has 0 saturated heterocycles. The molecule has 2 aromatic rings. The van der Waals surface area contributed by atoms with Crippen molar-refractivity contribution >= 4 is 39.3 Å². The minimum absolute atomic E-state index is 0.0115. The predicted molar refractivity (Wildman–Crippen MR) is 85.9 cm³/mol. The first kappa shape index (κ1) is 15.1. The van der Waals surface area contributed by atoms with Crippen molar-refractivity contribution in [3.63, 3.8) is 0 Å². The zero-order valence-electron chi connectivity index (χ0n) is 10.7. The molecule has 2 N–H and O–H groups in total. The number of nitrogens with one attached hydrogen (secondary N) is 1. The van der Waals surface area contributed by atoms with Crippen LogP contribution in [0.1, 0.15) is 5.56 Å². The SMILES string of the molecule is O=C(CSc1cccc(CO)c1)Nc1ccccc1Br. The van der Waals surface area contributed by atoms with Crippen molar-refractivity contribution in [1.29, 1.82) is 0 Å². The van der Waals surface area contributed by atoms with Crippen molar-refractivity contribution in [3.05, 3.63) is 58.6 Å². The number of amides is 1. The summed E-state index contributed by atoms with van der Waals surface area (Å²) in [6, 6.07) is 15.0. The standard InChI is InChI=1S/C15H14BrNO2S/c16-13-6-1-2-7-14(13)17-15(19)10-20-12-5-3-4-11(8-12)9-18/h1-8,18H,9-10H2,(H,17,19). The third kappa shape index (κ3) is 4.37. The largest absolute Gasteiger partial charge is 0.392 e. The molecule has 0 aliphatic heterocycles. The number of aliphatic hydroxyl groups excluding tert-OH is 1. The molecule has 0 aromatic heterocycles. The van der Waals surface area contributed by atoms with Gasteiger partial charge >= 0.3 is 0 Å². The first-order chi connectivity index (χ1) is 9.69. The van der Waals surface area contributed by atoms with Crippen molar-refractivity contribution < 1.29 is 9.90 Å². The van der Waals surface area contributed by atoms with E-state index in [1.54, 1.807) is 0 Å². The predicted octanol–water partition coefficient (Wildman–Crippen LogP) is 3.67. The lowest BCUT2D eigenvalue weighted by Gasteiger charge is -2.07. The summed E-state index contributed by atoms with van der Waals surface area (Å²) < 4.78 is 0.862. The van der Waals surface area contributed by atoms with Crippen molar-refractivity contribution in [2.24, 2.45) is 0 Å². The fourth-order valence-corrected chi connectivity index (χ4v) is 2.79. The Labute approximate surface area is 130 Å². The minimum atomic E-state index is -0.0590. The number of carbonyl (C=O) groups excluding carboxylic acids is 1. The Balaban J connectivity index is 1.90. The number of hydrogen-bond donors (Lipinski definition) is 2. The number of aliphatic hydroxyl groups is 1. The molecule has 0 aliphatic carbocycles. The van der Waals surface area contributed by atoms with Crippen molar-refractivity contribution in [3.8, 4) is 0 Å². The van der Waals surface area contributed by atoms with Crippen LogP contribution in [0, 0.1) is 0 Å². The normalized spacial score (nSPS) is 10.3. The Morgan fingerprint density at radius 2 is 2.00 bits per heavy atom. The van der Waals surface area contributed by atoms with E-state index >= 15 is 0 Å². The van der Waals surface area contributed by atoms with Crippen LogP contribution in [0.25, 0.3) is 0 Å². The highest BCUT2D eigenvalue weighted by molar-refractivity contribution is 9.10. The van der Waals surface area contributed by atoms with Crippen LogP contribution >= 0.6 is 27.7 Å². The van der Waals surface area contributed by atoms with Crippen LogP contribution in [0.5, 0.6) is 0 Å². The van der Waals surface area contributed by atoms with E-state index in [1.807, 2.05) is 48.5 Å². The first-order valence-electron chi connectivity index (χ1n) is 6.06. The highest BCUT2D eigenvalue weighted by atomic mass is 79.9. The summed E-state index contributed by atoms with van der Waals surface area (Å²) >= 11 is 4.84. The number of anilines is 1. The van der Waals surface area contributed by atoms with E-state index in [1.165, 1.54) is 11.8 Å². The van der Waals surface area contributed by atoms with E-state index in [0.29, 0.717) is 5.75 Å². The topological polar surface area (TPSA) is 49.3 Å². The summed E-state index contributed by atoms with van der Waals surface area (Å²) in [5.74, 6) is 0.271. The van der Waals surface area contributed by atoms with Crippen LogP contribution in [-0.4, -0.2) is 16.8 Å². The molecule has 5 heteroatoms. The molecule has 1 amide bonds. The molecule has 0 saturated carbocycles. The fourth-order valence-electron chi connectivity index (χ4n) is 1.63. The summed E-state index contributed by atoms with van der Waals surface area (Å²) in [6.07, 6.45) is 0. The van der Waals surface area contributed by atoms with Gasteiger partial charge in [-0.15, -0.1) is 11.8 Å². The van der Waals surface area contributed by atoms with Gasteiger partial charge in [0.15, 0.2) is 0 Å². The number of rotatable bonds is 5. The molecular formula is C15H14BrNO2S. The molecule has 2 rings (SSSR count). The summed E-state index contributed by atoms with van der Waals surface area (Å²) in [5.41, 5.74) is 1.61. The third-order valence-electron chi connectivity index (χ3n) is 2.60. The average Bonchev–Trinajstić information content (AvgIpc) is 2.48. The number of hydrogen-bond acceptors (Lipinski definition) is 3. The summed E-state index contributed by atoms with van der Waals surface area (Å²) in [5, 5.41) is 11.9. The van der Waals surface area contributed by atoms with Gasteiger partial charge in [-0.1, -0.05) is 24.3 Å². The third-order valence-corrected chi connectivity index (χ3v) is 4.28. The van der Waals surface area contributed by atoms with Gasteiger partial charge in [0.2, 0.25) is 5.91 Å². The maximum absolute atomic E-state index is 11.9. The smallest absolute Gasteiger partial charge is 0.234 e. The Kier molecular flexibility index (Phi) is 5.64. The van der Waals surface area contributed by atoms with Crippen molar-refractivity contribution in [2.75, 3.05) is 11.1 Å². The van der Waals surface area contributed by atoms with Gasteiger partial charge in [0.1, 0.15) is 0 Å². The van der Waals surface area contributed by atoms with Gasteiger partial charge in [-0.2, -0.15) is 0 Å². The summed E-state index contributed by atoms with van der Waals surface area (Å²) in [4.78, 5) is 12.9. The molecule has 0 heterocycles. The van der Waals surface area contributed by atoms with Gasteiger partial charge in [0.25, 0.3) is 0 Å². The van der Waals surface area contributed by atoms with Crippen LogP contribution in [0.15, 0.2) is 57.9 Å². The number of para-hydroxylation sites is 1. The molecule has 0 atom stereocenters. The van der Waals surface area contributed by atoms with E-state index < -0.39 is 0 Å². The maximum atomic E-state index is 11.9. The van der Waals surface area contributed by atoms with E-state index in [-0.39, 0.29) is 12.5 Å². The molecule has 0 spiro atoms. The highest BCUT2D eigenvalue weighted by Gasteiger charge is 2.06. The van der Waals surface area contributed by atoms with Crippen LogP contribution in [0.4, 0.5) is 5.69 Å². The molecule has 20 heavy (non-hydrogen) atoms. The molecule has 0 bridgehead atoms. The van der Waals surface area contributed by atoms with Crippen LogP contribution in [0.3, 0.4) is 0 Å². The molecule has 0 fully saturated rings. The lowest BCUT2D eigenvalue weighted by atomic mass is 10.2. The summed E-state index contributed by atoms with van der Waals surface area (Å²) in [7, 11) is 0. The van der Waals surface area contributed by atoms with E-state index in [0.717, 1.165) is 20.6 Å². The Hall–Kier alpha value is -1.30. The lowest BCUT2D eigenvalue weighted by molar-refractivity contribution is -0.113. The maximum Gasteiger partial charge on any atom is 0.234 e. The quantitative estimate of drug-likeness (QED) is 0.808. The second kappa shape index (κ2) is 7.47. The Morgan fingerprint density at radius 3 is 2.75 bits per heavy atom. The molecule has 0 unspecified atom stereocenters. The molecule has 2 aromatic carbocycles. The molecule has 3 nitrogen and oxygen atoms in total. The second-order valence-corrected chi connectivity index (χ2v) is 6.03. The van der Waals surface area contributed by atoms with E-state index in [9.17, 15) is 4.79 Å². The van der Waals surface area contributed by atoms with E-state index in [2.05, 4.69) is 21.2 Å². The number of benzene rings is 2. The lowest BCUT2D eigenvalue weighted by Crippen LogP contribution is -2.14. The fraction of sp³-hybridized carbons (Fsp3) is 0.133. The van der Waals surface area contributed by atoms with Gasteiger partial charge in [-0.05, 0) is 45.8 Å². The summed E-state index contributed by atoms with van der Waals surface area (Å²) in [6.45, 7) is 0.0115. The van der Waals surface area contributed by atoms with Crippen molar-refractivity contribution in [1.82, 2.24) is 0 Å². The monoisotopic (exact) mass is 351 g/mol. The zero-order valence-corrected chi connectivity index (χ0v) is 13.1. The average molecular weight is 352 g/mol.